The van der Waals surface area contributed by atoms with Crippen LogP contribution in [0.1, 0.15) is 56.7 Å². The van der Waals surface area contributed by atoms with Crippen LogP contribution in [0.15, 0.2) is 54.6 Å². The molecule has 2 aromatic rings. The Labute approximate surface area is 219 Å². The first kappa shape index (κ1) is 29.0. The van der Waals surface area contributed by atoms with Crippen LogP contribution in [0.5, 0.6) is 5.75 Å². The third kappa shape index (κ3) is 9.07. The number of ether oxygens (including phenoxy) is 2. The highest BCUT2D eigenvalue weighted by Crippen LogP contribution is 2.43. The topological polar surface area (TPSA) is 59.3 Å². The monoisotopic (exact) mass is 511 g/mol. The van der Waals surface area contributed by atoms with E-state index in [9.17, 15) is 10.1 Å². The SMILES string of the molecule is COc1c(C#N)cccc1/C(=C\C=O)SCCOCCSC(C)(C)C(CC(C)C)c1ccccc1. The van der Waals surface area contributed by atoms with Gasteiger partial charge in [-0.3, -0.25) is 4.79 Å². The molecule has 0 heterocycles. The van der Waals surface area contributed by atoms with Crippen molar-refractivity contribution in [3.63, 3.8) is 0 Å². The summed E-state index contributed by atoms with van der Waals surface area (Å²) in [5.74, 6) is 3.24. The zero-order valence-corrected chi connectivity index (χ0v) is 23.1. The summed E-state index contributed by atoms with van der Waals surface area (Å²) in [5, 5.41) is 9.33. The summed E-state index contributed by atoms with van der Waals surface area (Å²) in [7, 11) is 1.54. The highest BCUT2D eigenvalue weighted by Gasteiger charge is 2.31. The number of nitrogens with zero attached hydrogens (tertiary/aromatic N) is 1. The number of nitriles is 1. The first-order chi connectivity index (χ1) is 16.8. The molecule has 1 unspecified atom stereocenters. The Morgan fingerprint density at radius 3 is 2.43 bits per heavy atom. The van der Waals surface area contributed by atoms with Crippen molar-refractivity contribution in [2.75, 3.05) is 31.8 Å². The van der Waals surface area contributed by atoms with Gasteiger partial charge in [0.15, 0.2) is 0 Å². The van der Waals surface area contributed by atoms with Crippen molar-refractivity contribution in [2.45, 2.75) is 44.8 Å². The lowest BCUT2D eigenvalue weighted by atomic mass is 9.81. The average Bonchev–Trinajstić information content (AvgIpc) is 2.85. The Morgan fingerprint density at radius 1 is 1.09 bits per heavy atom. The molecule has 0 N–H and O–H groups in total. The predicted octanol–water partition coefficient (Wildman–Crippen LogP) is 7.20. The van der Waals surface area contributed by atoms with E-state index in [1.54, 1.807) is 12.1 Å². The van der Waals surface area contributed by atoms with E-state index >= 15 is 0 Å². The minimum Gasteiger partial charge on any atom is -0.495 e. The smallest absolute Gasteiger partial charge is 0.144 e. The lowest BCUT2D eigenvalue weighted by Crippen LogP contribution is -2.28. The van der Waals surface area contributed by atoms with Crippen molar-refractivity contribution in [1.29, 1.82) is 5.26 Å². The second kappa shape index (κ2) is 15.0. The maximum atomic E-state index is 11.2. The number of methoxy groups -OCH3 is 1. The first-order valence-corrected chi connectivity index (χ1v) is 13.9. The summed E-state index contributed by atoms with van der Waals surface area (Å²) < 4.78 is 11.5. The summed E-state index contributed by atoms with van der Waals surface area (Å²) in [6, 6.07) is 18.3. The largest absolute Gasteiger partial charge is 0.495 e. The molecule has 0 radical (unpaired) electrons. The Kier molecular flexibility index (Phi) is 12.5. The minimum absolute atomic E-state index is 0.103. The quantitative estimate of drug-likeness (QED) is 0.143. The number of para-hydroxylation sites is 1. The van der Waals surface area contributed by atoms with E-state index < -0.39 is 0 Å². The maximum Gasteiger partial charge on any atom is 0.144 e. The van der Waals surface area contributed by atoms with E-state index in [1.807, 2.05) is 17.8 Å². The number of hydrogen-bond donors (Lipinski definition) is 0. The fourth-order valence-electron chi connectivity index (χ4n) is 4.07. The molecule has 0 spiro atoms. The summed E-state index contributed by atoms with van der Waals surface area (Å²) >= 11 is 3.49. The molecule has 2 aromatic carbocycles. The molecule has 0 fully saturated rings. The number of aldehydes is 1. The number of allylic oxidation sites excluding steroid dienone is 1. The molecule has 1 atom stereocenters. The third-order valence-electron chi connectivity index (χ3n) is 5.76. The van der Waals surface area contributed by atoms with Crippen molar-refractivity contribution in [1.82, 2.24) is 0 Å². The molecule has 188 valence electrons. The van der Waals surface area contributed by atoms with E-state index in [0.717, 1.165) is 28.9 Å². The molecule has 0 aromatic heterocycles. The normalized spacial score (nSPS) is 12.9. The average molecular weight is 512 g/mol. The molecule has 4 nitrogen and oxygen atoms in total. The second-order valence-corrected chi connectivity index (χ2v) is 12.1. The fourth-order valence-corrected chi connectivity index (χ4v) is 6.12. The fraction of sp³-hybridized carbons (Fsp3) is 0.448. The highest BCUT2D eigenvalue weighted by molar-refractivity contribution is 8.08. The Bertz CT molecular complexity index is 997. The van der Waals surface area contributed by atoms with E-state index in [4.69, 9.17) is 9.47 Å². The summed E-state index contributed by atoms with van der Waals surface area (Å²) in [5.41, 5.74) is 2.60. The number of carbonyl (C=O) groups is 1. The Morgan fingerprint density at radius 2 is 1.80 bits per heavy atom. The van der Waals surface area contributed by atoms with Gasteiger partial charge in [0, 0.05) is 26.7 Å². The molecule has 0 bridgehead atoms. The van der Waals surface area contributed by atoms with Crippen LogP contribution in [0.2, 0.25) is 0 Å². The molecular formula is C29H37NO3S2. The van der Waals surface area contributed by atoms with Crippen molar-refractivity contribution in [3.05, 3.63) is 71.3 Å². The van der Waals surface area contributed by atoms with Gasteiger partial charge in [0.25, 0.3) is 0 Å². The molecule has 35 heavy (non-hydrogen) atoms. The van der Waals surface area contributed by atoms with Gasteiger partial charge in [-0.2, -0.15) is 17.0 Å². The summed E-state index contributed by atoms with van der Waals surface area (Å²) in [6.45, 7) is 10.5. The molecule has 0 saturated carbocycles. The van der Waals surface area contributed by atoms with Gasteiger partial charge in [-0.05, 0) is 36.0 Å². The Hall–Kier alpha value is -2.20. The van der Waals surface area contributed by atoms with Crippen LogP contribution in [0.4, 0.5) is 0 Å². The van der Waals surface area contributed by atoms with Crippen LogP contribution >= 0.6 is 23.5 Å². The van der Waals surface area contributed by atoms with Gasteiger partial charge in [0.05, 0.1) is 25.9 Å². The molecule has 0 saturated heterocycles. The molecule has 0 amide bonds. The van der Waals surface area contributed by atoms with Crippen molar-refractivity contribution < 1.29 is 14.3 Å². The van der Waals surface area contributed by atoms with Crippen molar-refractivity contribution in [2.24, 2.45) is 5.92 Å². The van der Waals surface area contributed by atoms with Gasteiger partial charge in [-0.1, -0.05) is 70.2 Å². The summed E-state index contributed by atoms with van der Waals surface area (Å²) in [4.78, 5) is 12.0. The number of carbonyl (C=O) groups excluding carboxylic acids is 1. The molecule has 6 heteroatoms. The van der Waals surface area contributed by atoms with Crippen LogP contribution < -0.4 is 4.74 Å². The number of benzene rings is 2. The zero-order valence-electron chi connectivity index (χ0n) is 21.5. The molecule has 0 aliphatic rings. The van der Waals surface area contributed by atoms with Gasteiger partial charge in [-0.15, -0.1) is 11.8 Å². The predicted molar refractivity (Wildman–Crippen MR) is 150 cm³/mol. The van der Waals surface area contributed by atoms with E-state index in [1.165, 1.54) is 30.5 Å². The molecule has 0 aliphatic heterocycles. The molecule has 2 rings (SSSR count). The van der Waals surface area contributed by atoms with Crippen molar-refractivity contribution >= 4 is 34.7 Å². The van der Waals surface area contributed by atoms with Gasteiger partial charge >= 0.3 is 0 Å². The number of thioether (sulfide) groups is 2. The number of rotatable bonds is 15. The van der Waals surface area contributed by atoms with Crippen LogP contribution in [0, 0.1) is 17.2 Å². The maximum absolute atomic E-state index is 11.2. The lowest BCUT2D eigenvalue weighted by molar-refractivity contribution is -0.104. The standard InChI is InChI=1S/C29H37NO3S2/c1-22(2)20-26(23-10-7-6-8-11-23)29(3,4)35-19-17-33-16-18-34-27(14-15-31)25-13-9-12-24(21-30)28(25)32-5/h6-15,22,26H,16-20H2,1-5H3/b27-14+. The van der Waals surface area contributed by atoms with Crippen LogP contribution in [-0.4, -0.2) is 42.9 Å². The van der Waals surface area contributed by atoms with E-state index in [2.05, 4.69) is 64.1 Å². The van der Waals surface area contributed by atoms with Gasteiger partial charge in [0.1, 0.15) is 18.1 Å². The third-order valence-corrected chi connectivity index (χ3v) is 8.20. The summed E-state index contributed by atoms with van der Waals surface area (Å²) in [6.07, 6.45) is 3.44. The minimum atomic E-state index is 0.103. The second-order valence-electron chi connectivity index (χ2n) is 9.17. The van der Waals surface area contributed by atoms with E-state index in [0.29, 0.717) is 42.1 Å². The Balaban J connectivity index is 1.86. The van der Waals surface area contributed by atoms with E-state index in [-0.39, 0.29) is 4.75 Å². The van der Waals surface area contributed by atoms with Gasteiger partial charge < -0.3 is 9.47 Å². The van der Waals surface area contributed by atoms with Gasteiger partial charge in [-0.25, -0.2) is 0 Å². The number of hydrogen-bond acceptors (Lipinski definition) is 6. The van der Waals surface area contributed by atoms with Crippen molar-refractivity contribution in [3.8, 4) is 11.8 Å². The van der Waals surface area contributed by atoms with Gasteiger partial charge in [0.2, 0.25) is 0 Å². The highest BCUT2D eigenvalue weighted by atomic mass is 32.2. The van der Waals surface area contributed by atoms with Crippen LogP contribution in [0.25, 0.3) is 4.91 Å². The zero-order chi connectivity index (χ0) is 25.7. The first-order valence-electron chi connectivity index (χ1n) is 12.0. The molecule has 0 aliphatic carbocycles. The van der Waals surface area contributed by atoms with Crippen LogP contribution in [0.3, 0.4) is 0 Å². The van der Waals surface area contributed by atoms with Crippen LogP contribution in [-0.2, 0) is 9.53 Å². The lowest BCUT2D eigenvalue weighted by Gasteiger charge is -2.35. The molecular weight excluding hydrogens is 474 g/mol.